The molecule has 0 aliphatic carbocycles. The van der Waals surface area contributed by atoms with E-state index < -0.39 is 0 Å². The summed E-state index contributed by atoms with van der Waals surface area (Å²) in [5.41, 5.74) is 0.943. The molecule has 0 aliphatic rings. The van der Waals surface area contributed by atoms with Gasteiger partial charge in [0.15, 0.2) is 0 Å². The molecule has 3 nitrogen and oxygen atoms in total. The van der Waals surface area contributed by atoms with E-state index in [1.54, 1.807) is 36.1 Å². The number of hydrogen-bond acceptors (Lipinski definition) is 2. The van der Waals surface area contributed by atoms with Gasteiger partial charge in [-0.1, -0.05) is 0 Å². The third-order valence-electron chi connectivity index (χ3n) is 1.82. The summed E-state index contributed by atoms with van der Waals surface area (Å²) in [6.07, 6.45) is 7.96. The van der Waals surface area contributed by atoms with Crippen LogP contribution in [0.25, 0.3) is 0 Å². The Kier molecular flexibility index (Phi) is 6.05. The van der Waals surface area contributed by atoms with Crippen LogP contribution in [0.2, 0.25) is 0 Å². The van der Waals surface area contributed by atoms with Gasteiger partial charge in [0.2, 0.25) is 0 Å². The summed E-state index contributed by atoms with van der Waals surface area (Å²) in [7, 11) is 0. The van der Waals surface area contributed by atoms with Gasteiger partial charge in [-0.15, -0.1) is 0 Å². The second kappa shape index (κ2) is 7.33. The molecular formula is C12H11ClNO2V-. The number of carbonyl (C=O) groups is 1. The monoisotopic (exact) mass is 287 g/mol. The van der Waals surface area contributed by atoms with Crippen LogP contribution in [-0.2, 0) is 21.7 Å². The van der Waals surface area contributed by atoms with E-state index in [1.807, 2.05) is 0 Å². The number of halogens is 1. The fraction of sp³-hybridized carbons (Fsp3) is 0.167. The number of esters is 1. The first-order valence-corrected chi connectivity index (χ1v) is 6.15. The first kappa shape index (κ1) is 14.0. The maximum absolute atomic E-state index is 11.6. The molecular weight excluding hydrogens is 277 g/mol. The Morgan fingerprint density at radius 3 is 3.12 bits per heavy atom. The third kappa shape index (κ3) is 4.39. The summed E-state index contributed by atoms with van der Waals surface area (Å²) in [5.74, 6) is -0.386. The van der Waals surface area contributed by atoms with E-state index in [9.17, 15) is 4.79 Å². The number of carbonyl (C=O) groups excluding carboxylic acids is 1. The minimum absolute atomic E-state index is 0.337. The third-order valence-corrected chi connectivity index (χ3v) is 2.30. The molecule has 0 aliphatic heterocycles. The topological polar surface area (TPSA) is 42.1 Å². The minimum atomic E-state index is -0.386. The van der Waals surface area contributed by atoms with Gasteiger partial charge < -0.3 is 0 Å². The molecule has 0 saturated heterocycles. The molecule has 1 rings (SSSR count). The van der Waals surface area contributed by atoms with E-state index in [2.05, 4.69) is 28.0 Å². The van der Waals surface area contributed by atoms with Crippen molar-refractivity contribution in [3.63, 3.8) is 0 Å². The van der Waals surface area contributed by atoms with Gasteiger partial charge in [-0.25, -0.2) is 0 Å². The molecule has 17 heavy (non-hydrogen) atoms. The van der Waals surface area contributed by atoms with Crippen molar-refractivity contribution in [1.29, 1.82) is 0 Å². The van der Waals surface area contributed by atoms with Crippen molar-refractivity contribution < 1.29 is 26.5 Å². The van der Waals surface area contributed by atoms with Crippen LogP contribution in [0.5, 0.6) is 0 Å². The number of aromatic nitrogens is 1. The van der Waals surface area contributed by atoms with Crippen LogP contribution in [0.3, 0.4) is 0 Å². The van der Waals surface area contributed by atoms with Gasteiger partial charge >= 0.3 is 114 Å². The molecule has 0 saturated carbocycles. The van der Waals surface area contributed by atoms with Crippen molar-refractivity contribution in [2.75, 3.05) is 6.61 Å². The van der Waals surface area contributed by atoms with Crippen molar-refractivity contribution in [3.8, 4) is 0 Å². The van der Waals surface area contributed by atoms with Gasteiger partial charge in [0.1, 0.15) is 0 Å². The Labute approximate surface area is 114 Å². The molecule has 5 heteroatoms. The van der Waals surface area contributed by atoms with Gasteiger partial charge in [0.25, 0.3) is 0 Å². The SMILES string of the molecule is CCOC(=O)c1cc[nH]c1[C-]=C(Cl)/C=C\[CH]=[V]. The van der Waals surface area contributed by atoms with Crippen LogP contribution in [0, 0.1) is 6.08 Å². The first-order chi connectivity index (χ1) is 8.19. The Balaban J connectivity index is 2.92. The quantitative estimate of drug-likeness (QED) is 0.513. The number of nitrogens with one attached hydrogen (secondary N) is 1. The second-order valence-electron chi connectivity index (χ2n) is 2.97. The number of rotatable bonds is 5. The molecule has 0 bridgehead atoms. The molecule has 1 N–H and O–H groups in total. The van der Waals surface area contributed by atoms with Crippen LogP contribution in [0.4, 0.5) is 0 Å². The molecule has 0 unspecified atom stereocenters. The average Bonchev–Trinajstić information content (AvgIpc) is 2.75. The summed E-state index contributed by atoms with van der Waals surface area (Å²) >= 11 is 8.22. The summed E-state index contributed by atoms with van der Waals surface area (Å²) in [6.45, 7) is 2.10. The van der Waals surface area contributed by atoms with E-state index in [0.29, 0.717) is 22.9 Å². The number of allylic oxidation sites excluding steroid dienone is 3. The summed E-state index contributed by atoms with van der Waals surface area (Å²) in [6, 6.07) is 1.64. The van der Waals surface area contributed by atoms with Crippen LogP contribution in [0.15, 0.2) is 29.4 Å². The van der Waals surface area contributed by atoms with Crippen LogP contribution in [0.1, 0.15) is 23.0 Å². The normalized spacial score (nSPS) is 11.7. The molecule has 0 amide bonds. The van der Waals surface area contributed by atoms with Crippen LogP contribution >= 0.6 is 11.6 Å². The maximum atomic E-state index is 11.6. The zero-order chi connectivity index (χ0) is 12.7. The van der Waals surface area contributed by atoms with Crippen molar-refractivity contribution in [1.82, 2.24) is 4.98 Å². The zero-order valence-electron chi connectivity index (χ0n) is 9.24. The Hall–Kier alpha value is -1.03. The van der Waals surface area contributed by atoms with Gasteiger partial charge in [0, 0.05) is 0 Å². The standard InChI is InChI=1S/C12H11ClNO2.V/c1-3-5-9(13)8-11-10(6-7-14-11)12(15)16-4-2;/h1,3,5-7,14H,4H2,2H3;/q-1;/b5-3-;. The van der Waals surface area contributed by atoms with Crippen molar-refractivity contribution in [2.45, 2.75) is 6.92 Å². The van der Waals surface area contributed by atoms with Gasteiger partial charge in [-0.05, 0) is 0 Å². The summed E-state index contributed by atoms with van der Waals surface area (Å²) < 4.78 is 6.70. The molecule has 1 aromatic heterocycles. The molecule has 1 heterocycles. The molecule has 0 atom stereocenters. The fourth-order valence-corrected chi connectivity index (χ4v) is 1.44. The predicted octanol–water partition coefficient (Wildman–Crippen LogP) is 2.37. The van der Waals surface area contributed by atoms with Gasteiger partial charge in [-0.2, -0.15) is 0 Å². The van der Waals surface area contributed by atoms with E-state index in [0.717, 1.165) is 0 Å². The van der Waals surface area contributed by atoms with Crippen LogP contribution in [-0.4, -0.2) is 22.3 Å². The van der Waals surface area contributed by atoms with E-state index in [-0.39, 0.29) is 5.97 Å². The van der Waals surface area contributed by atoms with Crippen LogP contribution < -0.4 is 0 Å². The van der Waals surface area contributed by atoms with E-state index in [1.165, 1.54) is 0 Å². The number of hydrogen-bond donors (Lipinski definition) is 1. The molecule has 0 radical (unpaired) electrons. The number of aromatic amines is 1. The Morgan fingerprint density at radius 2 is 2.47 bits per heavy atom. The summed E-state index contributed by atoms with van der Waals surface area (Å²) in [4.78, 5) is 14.4. The van der Waals surface area contributed by atoms with Crippen molar-refractivity contribution >= 4 is 22.3 Å². The first-order valence-electron chi connectivity index (χ1n) is 4.97. The number of H-pyrrole nitrogens is 1. The molecule has 89 valence electrons. The Bertz CT molecular complexity index is 463. The average molecular weight is 288 g/mol. The summed E-state index contributed by atoms with van der Waals surface area (Å²) in [5, 5.41) is 0.403. The van der Waals surface area contributed by atoms with Crippen molar-refractivity contribution in [3.05, 3.63) is 46.8 Å². The molecule has 0 fully saturated rings. The van der Waals surface area contributed by atoms with E-state index in [4.69, 9.17) is 16.3 Å². The predicted molar refractivity (Wildman–Crippen MR) is 63.7 cm³/mol. The van der Waals surface area contributed by atoms with Crippen molar-refractivity contribution in [2.24, 2.45) is 0 Å². The number of ether oxygens (including phenoxy) is 1. The van der Waals surface area contributed by atoms with Gasteiger partial charge in [-0.3, -0.25) is 0 Å². The zero-order valence-corrected chi connectivity index (χ0v) is 11.4. The van der Waals surface area contributed by atoms with E-state index >= 15 is 0 Å². The second-order valence-corrected chi connectivity index (χ2v) is 3.84. The fourth-order valence-electron chi connectivity index (χ4n) is 1.14. The molecule has 0 spiro atoms. The molecule has 1 aromatic rings. The molecule has 0 aromatic carbocycles. The van der Waals surface area contributed by atoms with Gasteiger partial charge in [0.05, 0.1) is 0 Å². The Morgan fingerprint density at radius 1 is 1.71 bits per heavy atom.